The largest absolute Gasteiger partial charge is 0.481 e. The summed E-state index contributed by atoms with van der Waals surface area (Å²) in [5.74, 6) is -0.752. The standard InChI is InChI=1S/C12H21N3O2/c1-12(2,3)14(8-5-11(16)17)9-10-15-7-4-6-13-15/h4,6-7H,5,8-10H2,1-3H3,(H,16,17). The van der Waals surface area contributed by atoms with Crippen LogP contribution in [-0.4, -0.2) is 44.4 Å². The van der Waals surface area contributed by atoms with E-state index in [0.29, 0.717) is 6.54 Å². The zero-order chi connectivity index (χ0) is 12.9. The molecule has 5 heteroatoms. The van der Waals surface area contributed by atoms with Crippen LogP contribution in [0, 0.1) is 0 Å². The van der Waals surface area contributed by atoms with Gasteiger partial charge in [-0.2, -0.15) is 5.10 Å². The molecule has 1 aromatic rings. The van der Waals surface area contributed by atoms with Gasteiger partial charge in [0.2, 0.25) is 0 Å². The first-order valence-corrected chi connectivity index (χ1v) is 5.84. The van der Waals surface area contributed by atoms with Gasteiger partial charge in [-0.3, -0.25) is 14.4 Å². The number of aromatic nitrogens is 2. The molecule has 0 radical (unpaired) electrons. The van der Waals surface area contributed by atoms with Gasteiger partial charge in [-0.15, -0.1) is 0 Å². The van der Waals surface area contributed by atoms with E-state index in [1.165, 1.54) is 0 Å². The third-order valence-corrected chi connectivity index (χ3v) is 2.70. The summed E-state index contributed by atoms with van der Waals surface area (Å²) in [5.41, 5.74) is -0.0252. The Hall–Kier alpha value is -1.36. The van der Waals surface area contributed by atoms with Crippen LogP contribution in [0.3, 0.4) is 0 Å². The Balaban J connectivity index is 2.49. The molecule has 0 saturated carbocycles. The fourth-order valence-corrected chi connectivity index (χ4v) is 1.67. The SMILES string of the molecule is CC(C)(C)N(CCC(=O)O)CCn1cccn1. The summed E-state index contributed by atoms with van der Waals surface area (Å²) >= 11 is 0. The van der Waals surface area contributed by atoms with Crippen molar-refractivity contribution < 1.29 is 9.90 Å². The van der Waals surface area contributed by atoms with Gasteiger partial charge in [0, 0.05) is 31.0 Å². The molecule has 0 spiro atoms. The normalized spacial score (nSPS) is 12.0. The second-order valence-corrected chi connectivity index (χ2v) is 5.07. The number of carbonyl (C=O) groups is 1. The molecule has 1 N–H and O–H groups in total. The summed E-state index contributed by atoms with van der Waals surface area (Å²) in [7, 11) is 0. The second kappa shape index (κ2) is 5.82. The Morgan fingerprint density at radius 1 is 1.41 bits per heavy atom. The first-order chi connectivity index (χ1) is 7.89. The van der Waals surface area contributed by atoms with Crippen molar-refractivity contribution in [3.63, 3.8) is 0 Å². The van der Waals surface area contributed by atoms with Gasteiger partial charge in [0.05, 0.1) is 13.0 Å². The van der Waals surface area contributed by atoms with Crippen LogP contribution in [0.1, 0.15) is 27.2 Å². The summed E-state index contributed by atoms with van der Waals surface area (Å²) in [6, 6.07) is 1.89. The van der Waals surface area contributed by atoms with Crippen molar-refractivity contribution in [1.29, 1.82) is 0 Å². The number of hydrogen-bond donors (Lipinski definition) is 1. The van der Waals surface area contributed by atoms with E-state index >= 15 is 0 Å². The lowest BCUT2D eigenvalue weighted by molar-refractivity contribution is -0.137. The molecule has 0 aliphatic heterocycles. The van der Waals surface area contributed by atoms with Gasteiger partial charge in [0.15, 0.2) is 0 Å². The first-order valence-electron chi connectivity index (χ1n) is 5.84. The van der Waals surface area contributed by atoms with Gasteiger partial charge in [0.25, 0.3) is 0 Å². The Morgan fingerprint density at radius 2 is 2.12 bits per heavy atom. The highest BCUT2D eigenvalue weighted by atomic mass is 16.4. The maximum atomic E-state index is 10.6. The minimum absolute atomic E-state index is 0.0252. The molecular formula is C12H21N3O2. The highest BCUT2D eigenvalue weighted by Crippen LogP contribution is 2.13. The van der Waals surface area contributed by atoms with E-state index in [2.05, 4.69) is 30.8 Å². The lowest BCUT2D eigenvalue weighted by Crippen LogP contribution is -2.44. The van der Waals surface area contributed by atoms with Crippen LogP contribution in [0.4, 0.5) is 0 Å². The molecule has 5 nitrogen and oxygen atoms in total. The molecule has 1 aromatic heterocycles. The van der Waals surface area contributed by atoms with Crippen molar-refractivity contribution in [3.8, 4) is 0 Å². The van der Waals surface area contributed by atoms with Crippen molar-refractivity contribution in [3.05, 3.63) is 18.5 Å². The van der Waals surface area contributed by atoms with Gasteiger partial charge < -0.3 is 5.11 Å². The Labute approximate surface area is 102 Å². The summed E-state index contributed by atoms with van der Waals surface area (Å²) in [6.45, 7) is 8.44. The minimum Gasteiger partial charge on any atom is -0.481 e. The van der Waals surface area contributed by atoms with Gasteiger partial charge >= 0.3 is 5.97 Å². The van der Waals surface area contributed by atoms with Crippen molar-refractivity contribution in [2.24, 2.45) is 0 Å². The van der Waals surface area contributed by atoms with Crippen LogP contribution in [0.25, 0.3) is 0 Å². The average molecular weight is 239 g/mol. The molecule has 0 amide bonds. The quantitative estimate of drug-likeness (QED) is 0.816. The highest BCUT2D eigenvalue weighted by Gasteiger charge is 2.21. The molecule has 0 atom stereocenters. The number of hydrogen-bond acceptors (Lipinski definition) is 3. The van der Waals surface area contributed by atoms with E-state index in [-0.39, 0.29) is 12.0 Å². The van der Waals surface area contributed by atoms with Crippen LogP contribution in [0.5, 0.6) is 0 Å². The minimum atomic E-state index is -0.752. The van der Waals surface area contributed by atoms with E-state index in [0.717, 1.165) is 13.1 Å². The topological polar surface area (TPSA) is 58.4 Å². The molecule has 0 unspecified atom stereocenters. The molecule has 17 heavy (non-hydrogen) atoms. The summed E-state index contributed by atoms with van der Waals surface area (Å²) in [4.78, 5) is 12.8. The molecule has 1 rings (SSSR count). The summed E-state index contributed by atoms with van der Waals surface area (Å²) in [6.07, 6.45) is 3.84. The summed E-state index contributed by atoms with van der Waals surface area (Å²) < 4.78 is 1.86. The molecule has 0 bridgehead atoms. The van der Waals surface area contributed by atoms with Crippen LogP contribution in [0.2, 0.25) is 0 Å². The van der Waals surface area contributed by atoms with Crippen LogP contribution in [0.15, 0.2) is 18.5 Å². The number of aliphatic carboxylic acids is 1. The lowest BCUT2D eigenvalue weighted by Gasteiger charge is -2.35. The molecular weight excluding hydrogens is 218 g/mol. The van der Waals surface area contributed by atoms with E-state index in [4.69, 9.17) is 5.11 Å². The maximum absolute atomic E-state index is 10.6. The van der Waals surface area contributed by atoms with Gasteiger partial charge in [-0.05, 0) is 26.8 Å². The molecule has 0 aliphatic rings. The lowest BCUT2D eigenvalue weighted by atomic mass is 10.1. The van der Waals surface area contributed by atoms with E-state index < -0.39 is 5.97 Å². The monoisotopic (exact) mass is 239 g/mol. The summed E-state index contributed by atoms with van der Waals surface area (Å²) in [5, 5.41) is 12.9. The average Bonchev–Trinajstić information content (AvgIpc) is 2.67. The Kier molecular flexibility index (Phi) is 4.69. The molecule has 96 valence electrons. The van der Waals surface area contributed by atoms with Crippen molar-refractivity contribution >= 4 is 5.97 Å². The zero-order valence-corrected chi connectivity index (χ0v) is 10.8. The van der Waals surface area contributed by atoms with Gasteiger partial charge in [0.1, 0.15) is 0 Å². The Morgan fingerprint density at radius 3 is 2.59 bits per heavy atom. The number of carboxylic acid groups (broad SMARTS) is 1. The number of rotatable bonds is 6. The van der Waals surface area contributed by atoms with Gasteiger partial charge in [-0.25, -0.2) is 0 Å². The Bertz CT molecular complexity index is 341. The smallest absolute Gasteiger partial charge is 0.304 e. The van der Waals surface area contributed by atoms with Gasteiger partial charge in [-0.1, -0.05) is 0 Å². The number of nitrogens with zero attached hydrogens (tertiary/aromatic N) is 3. The maximum Gasteiger partial charge on any atom is 0.304 e. The predicted molar refractivity (Wildman–Crippen MR) is 65.8 cm³/mol. The van der Waals surface area contributed by atoms with Crippen molar-refractivity contribution in [2.45, 2.75) is 39.3 Å². The first kappa shape index (κ1) is 13.7. The fourth-order valence-electron chi connectivity index (χ4n) is 1.67. The second-order valence-electron chi connectivity index (χ2n) is 5.07. The molecule has 0 fully saturated rings. The van der Waals surface area contributed by atoms with E-state index in [9.17, 15) is 4.79 Å². The van der Waals surface area contributed by atoms with Crippen LogP contribution >= 0.6 is 0 Å². The molecule has 0 saturated heterocycles. The van der Waals surface area contributed by atoms with Crippen LogP contribution in [-0.2, 0) is 11.3 Å². The van der Waals surface area contributed by atoms with Crippen LogP contribution < -0.4 is 0 Å². The fraction of sp³-hybridized carbons (Fsp3) is 0.667. The molecule has 0 aromatic carbocycles. The number of carboxylic acids is 1. The molecule has 1 heterocycles. The third-order valence-electron chi connectivity index (χ3n) is 2.70. The molecule has 0 aliphatic carbocycles. The predicted octanol–water partition coefficient (Wildman–Crippen LogP) is 1.46. The highest BCUT2D eigenvalue weighted by molar-refractivity contribution is 5.66. The zero-order valence-electron chi connectivity index (χ0n) is 10.8. The van der Waals surface area contributed by atoms with E-state index in [1.807, 2.05) is 16.9 Å². The van der Waals surface area contributed by atoms with Crippen molar-refractivity contribution in [1.82, 2.24) is 14.7 Å². The third kappa shape index (κ3) is 4.99. The van der Waals surface area contributed by atoms with Crippen molar-refractivity contribution in [2.75, 3.05) is 13.1 Å². The van der Waals surface area contributed by atoms with E-state index in [1.54, 1.807) is 6.20 Å².